The second-order valence-corrected chi connectivity index (χ2v) is 20.5. The third-order valence-electron chi connectivity index (χ3n) is 12.1. The maximum atomic E-state index is 13.2. The fraction of sp³-hybridized carbons (Fsp3) is 0.469. The zero-order valence-corrected chi connectivity index (χ0v) is 43.5. The predicted octanol–water partition coefficient (Wildman–Crippen LogP) is 5.46. The zero-order valence-electron chi connectivity index (χ0n) is 41.1. The molecule has 3 aromatic carbocycles. The van der Waals surface area contributed by atoms with Crippen molar-refractivity contribution in [3.05, 3.63) is 83.0 Å². The maximum absolute atomic E-state index is 13.2. The molecule has 4 heterocycles. The lowest BCUT2D eigenvalue weighted by Gasteiger charge is -2.34. The summed E-state index contributed by atoms with van der Waals surface area (Å²) in [5, 5.41) is 12.3. The van der Waals surface area contributed by atoms with E-state index in [-0.39, 0.29) is 60.2 Å². The Labute approximate surface area is 433 Å². The van der Waals surface area contributed by atoms with Crippen LogP contribution < -0.4 is 36.2 Å². The van der Waals surface area contributed by atoms with Crippen LogP contribution >= 0.6 is 31.0 Å². The van der Waals surface area contributed by atoms with Gasteiger partial charge in [0.1, 0.15) is 23.4 Å². The Morgan fingerprint density at radius 2 is 1.51 bits per heavy atom. The van der Waals surface area contributed by atoms with Crippen molar-refractivity contribution in [2.45, 2.75) is 49.2 Å². The van der Waals surface area contributed by atoms with Crippen LogP contribution in [0.1, 0.15) is 41.6 Å². The highest BCUT2D eigenvalue weighted by Crippen LogP contribution is 2.47. The smallest absolute Gasteiger partial charge is 0.362 e. The molecule has 2 saturated heterocycles. The van der Waals surface area contributed by atoms with Gasteiger partial charge < -0.3 is 63.2 Å². The summed E-state index contributed by atoms with van der Waals surface area (Å²) in [5.41, 5.74) is 3.55. The Morgan fingerprint density at radius 1 is 0.822 bits per heavy atom. The molecule has 0 saturated carbocycles. The molecule has 0 spiro atoms. The third-order valence-corrected chi connectivity index (χ3v) is 15.4. The number of piperidine rings is 2. The van der Waals surface area contributed by atoms with Crippen molar-refractivity contribution in [2.75, 3.05) is 122 Å². The summed E-state index contributed by atoms with van der Waals surface area (Å²) < 4.78 is 57.3. The Morgan fingerprint density at radius 3 is 2.19 bits per heavy atom. The maximum Gasteiger partial charge on any atom is 0.362 e. The molecule has 394 valence electrons. The molecule has 4 aromatic rings. The van der Waals surface area contributed by atoms with Gasteiger partial charge >= 0.3 is 7.60 Å². The summed E-state index contributed by atoms with van der Waals surface area (Å²) in [4.78, 5) is 63.3. The highest BCUT2D eigenvalue weighted by molar-refractivity contribution is 7.99. The number of aromatic nitrogens is 2. The predicted molar refractivity (Wildman–Crippen MR) is 275 cm³/mol. The molecule has 0 radical (unpaired) electrons. The Bertz CT molecular complexity index is 2570. The number of imide groups is 1. The Balaban J connectivity index is 0.691. The first-order chi connectivity index (χ1) is 35.5. The number of hydrogen-bond donors (Lipinski definition) is 4. The number of para-hydroxylation sites is 1. The molecule has 1 unspecified atom stereocenters. The van der Waals surface area contributed by atoms with Crippen molar-refractivity contribution >= 4 is 88.7 Å². The Hall–Kier alpha value is -5.39. The van der Waals surface area contributed by atoms with Gasteiger partial charge in [0.25, 0.3) is 5.91 Å². The number of carbonyl (C=O) groups excluding carboxylic acids is 4. The van der Waals surface area contributed by atoms with Gasteiger partial charge in [-0.1, -0.05) is 29.8 Å². The van der Waals surface area contributed by atoms with E-state index in [2.05, 4.69) is 36.1 Å². The second kappa shape index (κ2) is 27.8. The summed E-state index contributed by atoms with van der Waals surface area (Å²) in [6.07, 6.45) is 3.53. The largest absolute Gasteiger partial charge is 0.494 e. The number of halogens is 1. The quantitative estimate of drug-likeness (QED) is 0.0229. The van der Waals surface area contributed by atoms with Gasteiger partial charge in [0, 0.05) is 74.3 Å². The molecule has 7 rings (SSSR count). The first-order valence-electron chi connectivity index (χ1n) is 23.9. The van der Waals surface area contributed by atoms with Crippen LogP contribution in [0.2, 0.25) is 5.02 Å². The van der Waals surface area contributed by atoms with E-state index in [0.717, 1.165) is 42.1 Å². The number of nitrogens with one attached hydrogen (secondary N) is 4. The van der Waals surface area contributed by atoms with Gasteiger partial charge in [-0.2, -0.15) is 4.98 Å². The summed E-state index contributed by atoms with van der Waals surface area (Å²) in [6.45, 7) is 5.35. The number of ether oxygens (including phenoxy) is 6. The SMILES string of the molecule is COc1cc(N2CCC(NC(=O)COCCOCCOCCOCCOCCSc3cccc4c3CN(C3CCC(=O)NC3=O)C4=O)CC2)ccc1Nc1ncc(Cl)c(Nc2ccccc2P(=O)(OC)OC)n1. The first-order valence-corrected chi connectivity index (χ1v) is 26.8. The van der Waals surface area contributed by atoms with Crippen molar-refractivity contribution in [3.63, 3.8) is 0 Å². The molecular weight excluding hydrogens is 1010 g/mol. The average molecular weight is 1070 g/mol. The molecule has 1 aromatic heterocycles. The molecule has 2 fully saturated rings. The van der Waals surface area contributed by atoms with E-state index in [1.807, 2.05) is 30.3 Å². The lowest BCUT2D eigenvalue weighted by Crippen LogP contribution is -2.52. The van der Waals surface area contributed by atoms with Crippen LogP contribution in [-0.4, -0.2) is 157 Å². The number of benzene rings is 3. The fourth-order valence-corrected chi connectivity index (χ4v) is 10.7. The molecule has 24 heteroatoms. The average Bonchev–Trinajstić information content (AvgIpc) is 3.74. The molecule has 0 bridgehead atoms. The molecule has 1 atom stereocenters. The summed E-state index contributed by atoms with van der Waals surface area (Å²) >= 11 is 8.06. The van der Waals surface area contributed by atoms with Gasteiger partial charge in [0.2, 0.25) is 23.7 Å². The number of amides is 4. The zero-order chi connectivity index (χ0) is 51.6. The fourth-order valence-electron chi connectivity index (χ4n) is 8.33. The Kier molecular flexibility index (Phi) is 21.1. The van der Waals surface area contributed by atoms with Crippen LogP contribution in [0.15, 0.2) is 71.8 Å². The number of rotatable bonds is 29. The number of nitrogens with zero attached hydrogens (tertiary/aromatic N) is 4. The molecule has 0 aliphatic carbocycles. The standard InChI is InChI=1S/C49H62ClN8O13PS/c1-64-41-29-34(11-12-38(41)54-49-51-30-37(50)46(56-49)53-39-8-4-5-9-42(39)72(63,65-2)66-3)57-17-15-33(16-18-57)52-45(60)32-71-26-25-69-22-21-67-19-20-68-23-24-70-27-28-73-43-10-6-7-35-36(43)31-58(48(35)62)40-13-14-44(59)55-47(40)61/h4-12,29-30,33,40H,13-28,31-32H2,1-3H3,(H,52,60)(H,55,59,61)(H2,51,53,54,56). The van der Waals surface area contributed by atoms with Crippen LogP contribution in [-0.2, 0) is 58.2 Å². The van der Waals surface area contributed by atoms with E-state index in [0.29, 0.717) is 99.6 Å². The van der Waals surface area contributed by atoms with Crippen LogP contribution in [0.4, 0.5) is 28.8 Å². The number of thioether (sulfide) groups is 1. The van der Waals surface area contributed by atoms with E-state index in [1.165, 1.54) is 20.4 Å². The van der Waals surface area contributed by atoms with Crippen LogP contribution in [0.3, 0.4) is 0 Å². The number of fused-ring (bicyclic) bond motifs is 1. The van der Waals surface area contributed by atoms with E-state index in [1.54, 1.807) is 54.1 Å². The number of anilines is 5. The second-order valence-electron chi connectivity index (χ2n) is 16.8. The van der Waals surface area contributed by atoms with Gasteiger partial charge in [-0.05, 0) is 61.2 Å². The molecule has 4 amide bonds. The monoisotopic (exact) mass is 1070 g/mol. The van der Waals surface area contributed by atoms with Crippen molar-refractivity contribution in [1.29, 1.82) is 0 Å². The first kappa shape index (κ1) is 55.4. The minimum atomic E-state index is -3.58. The van der Waals surface area contributed by atoms with Crippen molar-refractivity contribution in [1.82, 2.24) is 25.5 Å². The van der Waals surface area contributed by atoms with Crippen molar-refractivity contribution in [3.8, 4) is 5.75 Å². The summed E-state index contributed by atoms with van der Waals surface area (Å²) in [5.74, 6) is 0.704. The highest BCUT2D eigenvalue weighted by Gasteiger charge is 2.40. The normalized spacial score (nSPS) is 16.1. The van der Waals surface area contributed by atoms with Gasteiger partial charge in [-0.15, -0.1) is 11.8 Å². The van der Waals surface area contributed by atoms with Crippen LogP contribution in [0, 0.1) is 0 Å². The van der Waals surface area contributed by atoms with E-state index in [9.17, 15) is 23.7 Å². The van der Waals surface area contributed by atoms with Crippen LogP contribution in [0.5, 0.6) is 5.75 Å². The van der Waals surface area contributed by atoms with Crippen molar-refractivity contribution < 1.29 is 61.2 Å². The van der Waals surface area contributed by atoms with E-state index >= 15 is 0 Å². The third kappa shape index (κ3) is 15.3. The lowest BCUT2D eigenvalue weighted by molar-refractivity contribution is -0.137. The van der Waals surface area contributed by atoms with E-state index < -0.39 is 19.5 Å². The molecule has 4 N–H and O–H groups in total. The lowest BCUT2D eigenvalue weighted by atomic mass is 10.0. The van der Waals surface area contributed by atoms with Gasteiger partial charge in [-0.25, -0.2) is 4.98 Å². The van der Waals surface area contributed by atoms with Gasteiger partial charge in [0.05, 0.1) is 89.4 Å². The highest BCUT2D eigenvalue weighted by atomic mass is 35.5. The minimum absolute atomic E-state index is 0.0254. The molecule has 3 aliphatic heterocycles. The molecular formula is C49H62ClN8O13PS. The summed E-state index contributed by atoms with van der Waals surface area (Å²) in [6, 6.07) is 17.6. The number of hydrogen-bond acceptors (Lipinski definition) is 19. The molecule has 21 nitrogen and oxygen atoms in total. The summed E-state index contributed by atoms with van der Waals surface area (Å²) in [7, 11) is 0.640. The topological polar surface area (TPSA) is 240 Å². The number of methoxy groups -OCH3 is 1. The van der Waals surface area contributed by atoms with E-state index in [4.69, 9.17) is 49.1 Å². The number of carbonyl (C=O) groups is 4. The molecule has 3 aliphatic rings. The van der Waals surface area contributed by atoms with Crippen molar-refractivity contribution in [2.24, 2.45) is 0 Å². The van der Waals surface area contributed by atoms with Crippen LogP contribution in [0.25, 0.3) is 0 Å². The van der Waals surface area contributed by atoms with Gasteiger partial charge in [-0.3, -0.25) is 29.1 Å². The van der Waals surface area contributed by atoms with Gasteiger partial charge in [0.15, 0.2) is 5.82 Å². The minimum Gasteiger partial charge on any atom is -0.494 e. The molecule has 73 heavy (non-hydrogen) atoms.